The van der Waals surface area contributed by atoms with Crippen molar-refractivity contribution in [1.29, 1.82) is 0 Å². The van der Waals surface area contributed by atoms with Gasteiger partial charge in [0.05, 0.1) is 6.04 Å². The molecule has 1 atom stereocenters. The molecule has 0 aromatic heterocycles. The zero-order chi connectivity index (χ0) is 17.6. The number of nitrogens with two attached hydrogens (primary N) is 1. The number of benzene rings is 1. The number of hydrogen-bond acceptors (Lipinski definition) is 3. The molecule has 6 heteroatoms. The largest absolute Gasteiger partial charge is 0.351 e. The Balaban J connectivity index is 0.00000312. The van der Waals surface area contributed by atoms with Gasteiger partial charge in [0.15, 0.2) is 0 Å². The quantitative estimate of drug-likeness (QED) is 0.783. The van der Waals surface area contributed by atoms with Gasteiger partial charge in [0.1, 0.15) is 0 Å². The van der Waals surface area contributed by atoms with Gasteiger partial charge in [-0.3, -0.25) is 9.69 Å². The summed E-state index contributed by atoms with van der Waals surface area (Å²) in [5.74, 6) is -0.0869. The highest BCUT2D eigenvalue weighted by atomic mass is 35.5. The molecule has 150 valence electrons. The maximum absolute atomic E-state index is 12.1. The molecule has 0 radical (unpaired) electrons. The third-order valence-electron chi connectivity index (χ3n) is 4.81. The first-order valence-corrected chi connectivity index (χ1v) is 9.20. The van der Waals surface area contributed by atoms with Crippen LogP contribution in [0.1, 0.15) is 57.6 Å². The van der Waals surface area contributed by atoms with Crippen molar-refractivity contribution < 1.29 is 4.79 Å². The van der Waals surface area contributed by atoms with Crippen molar-refractivity contribution in [3.05, 3.63) is 35.4 Å². The molecular weight excluding hydrogens is 369 g/mol. The Morgan fingerprint density at radius 3 is 2.04 bits per heavy atom. The highest BCUT2D eigenvalue weighted by Gasteiger charge is 2.27. The molecule has 0 saturated carbocycles. The van der Waals surface area contributed by atoms with Gasteiger partial charge in [0.2, 0.25) is 5.91 Å². The highest BCUT2D eigenvalue weighted by molar-refractivity contribution is 5.85. The van der Waals surface area contributed by atoms with Crippen LogP contribution in [0.15, 0.2) is 24.3 Å². The molecule has 4 nitrogen and oxygen atoms in total. The molecule has 0 aliphatic carbocycles. The Labute approximate surface area is 171 Å². The summed E-state index contributed by atoms with van der Waals surface area (Å²) < 4.78 is 0. The van der Waals surface area contributed by atoms with Crippen LogP contribution < -0.4 is 11.1 Å². The van der Waals surface area contributed by atoms with Crippen LogP contribution in [-0.4, -0.2) is 29.9 Å². The zero-order valence-corrected chi connectivity index (χ0v) is 17.9. The minimum Gasteiger partial charge on any atom is -0.351 e. The van der Waals surface area contributed by atoms with Gasteiger partial charge in [-0.1, -0.05) is 57.9 Å². The molecular formula is C20H35Cl2N3O. The van der Waals surface area contributed by atoms with E-state index < -0.39 is 6.04 Å². The minimum absolute atomic E-state index is 0. The molecule has 0 spiro atoms. The molecule has 1 aliphatic rings. The molecule has 1 aliphatic heterocycles. The fourth-order valence-corrected chi connectivity index (χ4v) is 3.01. The second-order valence-corrected chi connectivity index (χ2v) is 8.07. The van der Waals surface area contributed by atoms with E-state index >= 15 is 0 Å². The second-order valence-electron chi connectivity index (χ2n) is 8.07. The molecule has 1 heterocycles. The number of carbonyl (C=O) groups excluding carboxylic acids is 1. The summed E-state index contributed by atoms with van der Waals surface area (Å²) in [6.07, 6.45) is 5.37. The van der Waals surface area contributed by atoms with Gasteiger partial charge in [0, 0.05) is 13.1 Å². The van der Waals surface area contributed by atoms with E-state index in [1.807, 2.05) is 20.8 Å². The lowest BCUT2D eigenvalue weighted by molar-refractivity contribution is -0.124. The van der Waals surface area contributed by atoms with Crippen LogP contribution in [0.4, 0.5) is 0 Å². The molecule has 1 fully saturated rings. The second kappa shape index (κ2) is 11.8. The van der Waals surface area contributed by atoms with Gasteiger partial charge in [0.25, 0.3) is 0 Å². The van der Waals surface area contributed by atoms with E-state index in [9.17, 15) is 4.79 Å². The fourth-order valence-electron chi connectivity index (χ4n) is 3.01. The topological polar surface area (TPSA) is 58.4 Å². The molecule has 1 aromatic rings. The van der Waals surface area contributed by atoms with Crippen molar-refractivity contribution in [3.8, 4) is 0 Å². The number of nitrogens with zero attached hydrogens (tertiary/aromatic N) is 1. The zero-order valence-electron chi connectivity index (χ0n) is 16.3. The van der Waals surface area contributed by atoms with Crippen molar-refractivity contribution in [2.75, 3.05) is 13.1 Å². The number of rotatable bonds is 5. The number of amides is 1. The van der Waals surface area contributed by atoms with Crippen molar-refractivity contribution in [2.24, 2.45) is 11.1 Å². The van der Waals surface area contributed by atoms with Crippen molar-refractivity contribution in [1.82, 2.24) is 10.2 Å². The Bertz CT molecular complexity index is 521. The van der Waals surface area contributed by atoms with E-state index in [2.05, 4.69) is 34.5 Å². The molecule has 26 heavy (non-hydrogen) atoms. The summed E-state index contributed by atoms with van der Waals surface area (Å²) in [5.41, 5.74) is 8.22. The van der Waals surface area contributed by atoms with Crippen LogP contribution in [0.3, 0.4) is 0 Å². The molecule has 2 rings (SSSR count). The SMILES string of the molecule is CC(C)(C)[C@H](N)C(=O)NCc1ccc(CN2CCCCCC2)cc1.Cl.Cl. The van der Waals surface area contributed by atoms with E-state index in [1.54, 1.807) is 0 Å². The summed E-state index contributed by atoms with van der Waals surface area (Å²) in [5, 5.41) is 2.94. The summed E-state index contributed by atoms with van der Waals surface area (Å²) in [6, 6.07) is 8.08. The molecule has 0 unspecified atom stereocenters. The Morgan fingerprint density at radius 1 is 1.04 bits per heavy atom. The van der Waals surface area contributed by atoms with Crippen molar-refractivity contribution in [2.45, 2.75) is 65.6 Å². The van der Waals surface area contributed by atoms with Crippen LogP contribution in [-0.2, 0) is 17.9 Å². The van der Waals surface area contributed by atoms with Crippen LogP contribution >= 0.6 is 24.8 Å². The van der Waals surface area contributed by atoms with E-state index in [-0.39, 0.29) is 36.1 Å². The van der Waals surface area contributed by atoms with Crippen molar-refractivity contribution in [3.63, 3.8) is 0 Å². The van der Waals surface area contributed by atoms with E-state index in [0.29, 0.717) is 6.54 Å². The minimum atomic E-state index is -0.486. The van der Waals surface area contributed by atoms with Crippen LogP contribution in [0.2, 0.25) is 0 Å². The first-order valence-electron chi connectivity index (χ1n) is 9.20. The molecule has 1 saturated heterocycles. The maximum atomic E-state index is 12.1. The standard InChI is InChI=1S/C20H33N3O.2ClH/c1-20(2,3)18(21)19(24)22-14-16-8-10-17(11-9-16)15-23-12-6-4-5-7-13-23;;/h8-11,18H,4-7,12-15,21H2,1-3H3,(H,22,24);2*1H/t18-;;/m1../s1. The summed E-state index contributed by atoms with van der Waals surface area (Å²) in [7, 11) is 0. The number of hydrogen-bond donors (Lipinski definition) is 2. The van der Waals surface area contributed by atoms with Crippen LogP contribution in [0.5, 0.6) is 0 Å². The Kier molecular flexibility index (Phi) is 11.4. The van der Waals surface area contributed by atoms with Gasteiger partial charge in [-0.25, -0.2) is 0 Å². The van der Waals surface area contributed by atoms with Gasteiger partial charge in [-0.15, -0.1) is 24.8 Å². The monoisotopic (exact) mass is 403 g/mol. The smallest absolute Gasteiger partial charge is 0.237 e. The number of halogens is 2. The molecule has 0 bridgehead atoms. The molecule has 1 amide bonds. The lowest BCUT2D eigenvalue weighted by atomic mass is 9.87. The van der Waals surface area contributed by atoms with Gasteiger partial charge in [-0.05, 0) is 42.5 Å². The summed E-state index contributed by atoms with van der Waals surface area (Å²) in [4.78, 5) is 14.6. The third-order valence-corrected chi connectivity index (χ3v) is 4.81. The highest BCUT2D eigenvalue weighted by Crippen LogP contribution is 2.17. The predicted octanol–water partition coefficient (Wildman–Crippen LogP) is 3.90. The number of likely N-dealkylation sites (tertiary alicyclic amines) is 1. The lowest BCUT2D eigenvalue weighted by Crippen LogP contribution is -2.48. The Morgan fingerprint density at radius 2 is 1.54 bits per heavy atom. The van der Waals surface area contributed by atoms with Crippen LogP contribution in [0, 0.1) is 5.41 Å². The first kappa shape index (κ1) is 25.2. The lowest BCUT2D eigenvalue weighted by Gasteiger charge is -2.25. The fraction of sp³-hybridized carbons (Fsp3) is 0.650. The number of carbonyl (C=O) groups is 1. The van der Waals surface area contributed by atoms with E-state index in [1.165, 1.54) is 44.3 Å². The van der Waals surface area contributed by atoms with Crippen LogP contribution in [0.25, 0.3) is 0 Å². The summed E-state index contributed by atoms with van der Waals surface area (Å²) in [6.45, 7) is 9.93. The van der Waals surface area contributed by atoms with Crippen molar-refractivity contribution >= 4 is 30.7 Å². The predicted molar refractivity (Wildman–Crippen MR) is 114 cm³/mol. The first-order chi connectivity index (χ1) is 11.4. The van der Waals surface area contributed by atoms with Gasteiger partial charge < -0.3 is 11.1 Å². The molecule has 3 N–H and O–H groups in total. The van der Waals surface area contributed by atoms with Gasteiger partial charge >= 0.3 is 0 Å². The number of nitrogens with one attached hydrogen (secondary N) is 1. The third kappa shape index (κ3) is 8.26. The average molecular weight is 404 g/mol. The summed E-state index contributed by atoms with van der Waals surface area (Å²) >= 11 is 0. The normalized spacial score (nSPS) is 16.6. The van der Waals surface area contributed by atoms with E-state index in [0.717, 1.165) is 12.1 Å². The van der Waals surface area contributed by atoms with E-state index in [4.69, 9.17) is 5.73 Å². The maximum Gasteiger partial charge on any atom is 0.237 e. The average Bonchev–Trinajstić information content (AvgIpc) is 2.81. The Hall–Kier alpha value is -0.810. The van der Waals surface area contributed by atoms with Gasteiger partial charge in [-0.2, -0.15) is 0 Å². The molecule has 1 aromatic carbocycles.